The average Bonchev–Trinajstić information content (AvgIpc) is 2.64. The first-order valence-electron chi connectivity index (χ1n) is 7.38. The molecule has 2 rings (SSSR count). The zero-order valence-corrected chi connectivity index (χ0v) is 15.2. The van der Waals surface area contributed by atoms with E-state index in [1.807, 2.05) is 0 Å². The fourth-order valence-corrected chi connectivity index (χ4v) is 2.68. The molecule has 0 aliphatic carbocycles. The zero-order valence-electron chi connectivity index (χ0n) is 14.4. The molecule has 0 aliphatic rings. The van der Waals surface area contributed by atoms with Crippen LogP contribution in [0.1, 0.15) is 20.7 Å². The number of nitrogens with one attached hydrogen (secondary N) is 2. The highest BCUT2D eigenvalue weighted by Gasteiger charge is 2.13. The van der Waals surface area contributed by atoms with E-state index in [4.69, 9.17) is 9.47 Å². The smallest absolute Gasteiger partial charge is 0.269 e. The van der Waals surface area contributed by atoms with Crippen molar-refractivity contribution < 1.29 is 27.5 Å². The van der Waals surface area contributed by atoms with E-state index in [0.29, 0.717) is 11.5 Å². The second-order valence-electron chi connectivity index (χ2n) is 5.31. The quantitative estimate of drug-likeness (QED) is 0.756. The maximum Gasteiger partial charge on any atom is 0.269 e. The highest BCUT2D eigenvalue weighted by molar-refractivity contribution is 7.90. The van der Waals surface area contributed by atoms with Crippen LogP contribution in [0.4, 0.5) is 0 Å². The Bertz CT molecular complexity index is 901. The SMILES string of the molecule is COc1cc(OC)cc(C(=O)NNC(=O)c2ccc(S(C)(=O)=O)cc2)c1. The molecule has 26 heavy (non-hydrogen) atoms. The van der Waals surface area contributed by atoms with Crippen molar-refractivity contribution in [2.45, 2.75) is 4.90 Å². The highest BCUT2D eigenvalue weighted by atomic mass is 32.2. The molecule has 2 aromatic carbocycles. The summed E-state index contributed by atoms with van der Waals surface area (Å²) in [6.45, 7) is 0. The third-order valence-corrected chi connectivity index (χ3v) is 4.58. The summed E-state index contributed by atoms with van der Waals surface area (Å²) in [6.07, 6.45) is 1.07. The van der Waals surface area contributed by atoms with Gasteiger partial charge >= 0.3 is 0 Å². The fraction of sp³-hybridized carbons (Fsp3) is 0.176. The van der Waals surface area contributed by atoms with Gasteiger partial charge in [-0.1, -0.05) is 0 Å². The van der Waals surface area contributed by atoms with Crippen molar-refractivity contribution in [2.75, 3.05) is 20.5 Å². The Morgan fingerprint density at radius 1 is 0.808 bits per heavy atom. The Morgan fingerprint density at radius 2 is 1.27 bits per heavy atom. The number of rotatable bonds is 5. The topological polar surface area (TPSA) is 111 Å². The van der Waals surface area contributed by atoms with Gasteiger partial charge in [-0.3, -0.25) is 20.4 Å². The molecule has 0 heterocycles. The molecule has 0 radical (unpaired) electrons. The van der Waals surface area contributed by atoms with Crippen molar-refractivity contribution in [1.82, 2.24) is 10.9 Å². The minimum Gasteiger partial charge on any atom is -0.497 e. The van der Waals surface area contributed by atoms with Crippen molar-refractivity contribution >= 4 is 21.7 Å². The van der Waals surface area contributed by atoms with Gasteiger partial charge in [-0.25, -0.2) is 8.42 Å². The van der Waals surface area contributed by atoms with E-state index in [0.717, 1.165) is 6.26 Å². The molecule has 0 saturated heterocycles. The molecule has 2 aromatic rings. The van der Waals surface area contributed by atoms with Gasteiger partial charge in [-0.05, 0) is 36.4 Å². The number of carbonyl (C=O) groups is 2. The van der Waals surface area contributed by atoms with E-state index in [1.165, 1.54) is 50.6 Å². The van der Waals surface area contributed by atoms with Gasteiger partial charge in [0.1, 0.15) is 11.5 Å². The van der Waals surface area contributed by atoms with Crippen LogP contribution >= 0.6 is 0 Å². The van der Waals surface area contributed by atoms with Gasteiger partial charge in [0.15, 0.2) is 9.84 Å². The Morgan fingerprint density at radius 3 is 1.69 bits per heavy atom. The lowest BCUT2D eigenvalue weighted by atomic mass is 10.2. The van der Waals surface area contributed by atoms with Crippen LogP contribution < -0.4 is 20.3 Å². The van der Waals surface area contributed by atoms with Crippen LogP contribution in [0.5, 0.6) is 11.5 Å². The van der Waals surface area contributed by atoms with Crippen molar-refractivity contribution in [3.63, 3.8) is 0 Å². The number of benzene rings is 2. The molecule has 0 unspecified atom stereocenters. The maximum absolute atomic E-state index is 12.2. The van der Waals surface area contributed by atoms with Gasteiger partial charge < -0.3 is 9.47 Å². The Balaban J connectivity index is 2.06. The number of methoxy groups -OCH3 is 2. The van der Waals surface area contributed by atoms with Gasteiger partial charge in [0.25, 0.3) is 11.8 Å². The number of sulfone groups is 1. The molecule has 0 aliphatic heterocycles. The maximum atomic E-state index is 12.2. The van der Waals surface area contributed by atoms with E-state index in [1.54, 1.807) is 6.07 Å². The first-order chi connectivity index (χ1) is 12.2. The Hall–Kier alpha value is -3.07. The van der Waals surface area contributed by atoms with E-state index in [2.05, 4.69) is 10.9 Å². The predicted octanol–water partition coefficient (Wildman–Crippen LogP) is 1.18. The van der Waals surface area contributed by atoms with Crippen LogP contribution in [0.2, 0.25) is 0 Å². The van der Waals surface area contributed by atoms with Crippen molar-refractivity contribution in [3.05, 3.63) is 53.6 Å². The summed E-state index contributed by atoms with van der Waals surface area (Å²) in [5, 5.41) is 0. The number of amides is 2. The van der Waals surface area contributed by atoms with Gasteiger partial charge in [0.05, 0.1) is 19.1 Å². The number of ether oxygens (including phenoxy) is 2. The molecule has 0 fully saturated rings. The summed E-state index contributed by atoms with van der Waals surface area (Å²) in [7, 11) is -0.432. The minimum absolute atomic E-state index is 0.0987. The molecule has 0 bridgehead atoms. The number of hydrogen-bond donors (Lipinski definition) is 2. The highest BCUT2D eigenvalue weighted by Crippen LogP contribution is 2.22. The monoisotopic (exact) mass is 378 g/mol. The number of hydrogen-bond acceptors (Lipinski definition) is 6. The lowest BCUT2D eigenvalue weighted by Crippen LogP contribution is -2.41. The van der Waals surface area contributed by atoms with Crippen molar-refractivity contribution in [1.29, 1.82) is 0 Å². The first kappa shape index (κ1) is 19.3. The van der Waals surface area contributed by atoms with Crippen LogP contribution in [0, 0.1) is 0 Å². The molecule has 0 aromatic heterocycles. The third-order valence-electron chi connectivity index (χ3n) is 3.45. The van der Waals surface area contributed by atoms with Crippen LogP contribution in [-0.2, 0) is 9.84 Å². The summed E-state index contributed by atoms with van der Waals surface area (Å²) in [4.78, 5) is 24.3. The Kier molecular flexibility index (Phi) is 5.83. The fourth-order valence-electron chi connectivity index (χ4n) is 2.05. The number of carbonyl (C=O) groups excluding carboxylic acids is 2. The van der Waals surface area contributed by atoms with E-state index in [9.17, 15) is 18.0 Å². The summed E-state index contributed by atoms with van der Waals surface area (Å²) < 4.78 is 33.0. The predicted molar refractivity (Wildman–Crippen MR) is 94.0 cm³/mol. The summed E-state index contributed by atoms with van der Waals surface area (Å²) in [5.41, 5.74) is 4.96. The third kappa shape index (κ3) is 4.73. The van der Waals surface area contributed by atoms with Gasteiger partial charge in [-0.15, -0.1) is 0 Å². The van der Waals surface area contributed by atoms with Gasteiger partial charge in [0, 0.05) is 23.4 Å². The summed E-state index contributed by atoms with van der Waals surface area (Å²) >= 11 is 0. The lowest BCUT2D eigenvalue weighted by Gasteiger charge is -2.10. The molecule has 0 atom stereocenters. The second kappa shape index (κ2) is 7.87. The zero-order chi connectivity index (χ0) is 19.3. The molecule has 2 amide bonds. The minimum atomic E-state index is -3.35. The molecule has 9 heteroatoms. The molecular formula is C17H18N2O6S. The van der Waals surface area contributed by atoms with Gasteiger partial charge in [0.2, 0.25) is 0 Å². The molecule has 0 saturated carbocycles. The second-order valence-corrected chi connectivity index (χ2v) is 7.32. The van der Waals surface area contributed by atoms with Crippen LogP contribution in [-0.4, -0.2) is 40.7 Å². The van der Waals surface area contributed by atoms with Gasteiger partial charge in [-0.2, -0.15) is 0 Å². The number of hydrazine groups is 1. The first-order valence-corrected chi connectivity index (χ1v) is 9.27. The van der Waals surface area contributed by atoms with Crippen molar-refractivity contribution in [2.24, 2.45) is 0 Å². The lowest BCUT2D eigenvalue weighted by molar-refractivity contribution is 0.0846. The van der Waals surface area contributed by atoms with E-state index >= 15 is 0 Å². The molecule has 138 valence electrons. The molecule has 0 spiro atoms. The summed E-state index contributed by atoms with van der Waals surface area (Å²) in [5.74, 6) is -0.300. The summed E-state index contributed by atoms with van der Waals surface area (Å²) in [6, 6.07) is 9.94. The standard InChI is InChI=1S/C17H18N2O6S/c1-24-13-8-12(9-14(10-13)25-2)17(21)19-18-16(20)11-4-6-15(7-5-11)26(3,22)23/h4-10H,1-3H3,(H,18,20)(H,19,21). The normalized spacial score (nSPS) is 10.7. The van der Waals surface area contributed by atoms with Crippen LogP contribution in [0.15, 0.2) is 47.4 Å². The van der Waals surface area contributed by atoms with E-state index in [-0.39, 0.29) is 16.0 Å². The average molecular weight is 378 g/mol. The van der Waals surface area contributed by atoms with Crippen molar-refractivity contribution in [3.8, 4) is 11.5 Å². The largest absolute Gasteiger partial charge is 0.497 e. The van der Waals surface area contributed by atoms with E-state index < -0.39 is 21.7 Å². The van der Waals surface area contributed by atoms with Crippen LogP contribution in [0.3, 0.4) is 0 Å². The molecule has 2 N–H and O–H groups in total. The molecule has 8 nitrogen and oxygen atoms in total. The molecular weight excluding hydrogens is 360 g/mol. The Labute approximate surface area is 151 Å². The van der Waals surface area contributed by atoms with Crippen LogP contribution in [0.25, 0.3) is 0 Å².